The molecular weight excluding hydrogens is 273 g/mol. The summed E-state index contributed by atoms with van der Waals surface area (Å²) in [6, 6.07) is 4.14. The van der Waals surface area contributed by atoms with Crippen LogP contribution in [0, 0.1) is 17.7 Å². The fourth-order valence-corrected chi connectivity index (χ4v) is 1.62. The molecule has 5 nitrogen and oxygen atoms in total. The van der Waals surface area contributed by atoms with Crippen LogP contribution < -0.4 is 11.1 Å². The first-order chi connectivity index (χ1) is 9.99. The number of nitrogens with one attached hydrogen (secondary N) is 1. The van der Waals surface area contributed by atoms with Gasteiger partial charge in [0.05, 0.1) is 12.1 Å². The van der Waals surface area contributed by atoms with Crippen molar-refractivity contribution in [3.63, 3.8) is 0 Å². The van der Waals surface area contributed by atoms with Gasteiger partial charge >= 0.3 is 0 Å². The van der Waals surface area contributed by atoms with Gasteiger partial charge in [-0.15, -0.1) is 0 Å². The summed E-state index contributed by atoms with van der Waals surface area (Å²) >= 11 is 0. The van der Waals surface area contributed by atoms with E-state index in [1.54, 1.807) is 6.07 Å². The Hall–Kier alpha value is -2.39. The summed E-state index contributed by atoms with van der Waals surface area (Å²) in [6.45, 7) is 0.400. The molecule has 1 aromatic rings. The maximum atomic E-state index is 13.9. The van der Waals surface area contributed by atoms with Gasteiger partial charge in [-0.25, -0.2) is 4.39 Å². The zero-order chi connectivity index (χ0) is 15.8. The van der Waals surface area contributed by atoms with E-state index in [2.05, 4.69) is 17.2 Å². The lowest BCUT2D eigenvalue weighted by Crippen LogP contribution is -2.31. The lowest BCUT2D eigenvalue weighted by atomic mass is 10.1. The molecule has 0 aromatic heterocycles. The van der Waals surface area contributed by atoms with Crippen LogP contribution in [0.4, 0.5) is 4.39 Å². The molecule has 0 heterocycles. The Morgan fingerprint density at radius 3 is 2.71 bits per heavy atom. The number of nitrogens with zero attached hydrogens (tertiary/aromatic N) is 1. The molecule has 0 saturated carbocycles. The van der Waals surface area contributed by atoms with Gasteiger partial charge in [0.25, 0.3) is 5.91 Å². The first kappa shape index (κ1) is 16.7. The number of hydrogen-bond donors (Lipinski definition) is 2. The second-order valence-corrected chi connectivity index (χ2v) is 4.35. The Labute approximate surface area is 123 Å². The van der Waals surface area contributed by atoms with E-state index < -0.39 is 11.7 Å². The molecule has 0 atom stereocenters. The quantitative estimate of drug-likeness (QED) is 0.786. The zero-order valence-corrected chi connectivity index (χ0v) is 12.1. The minimum Gasteiger partial charge on any atom is -0.359 e. The van der Waals surface area contributed by atoms with Crippen LogP contribution in [0.1, 0.15) is 22.3 Å². The van der Waals surface area contributed by atoms with E-state index in [-0.39, 0.29) is 31.0 Å². The van der Waals surface area contributed by atoms with Crippen LogP contribution in [0.3, 0.4) is 0 Å². The van der Waals surface area contributed by atoms with Crippen molar-refractivity contribution >= 4 is 11.8 Å². The maximum absolute atomic E-state index is 13.9. The van der Waals surface area contributed by atoms with E-state index >= 15 is 0 Å². The minimum atomic E-state index is -0.643. The van der Waals surface area contributed by atoms with Crippen LogP contribution in [0.2, 0.25) is 0 Å². The highest BCUT2D eigenvalue weighted by atomic mass is 19.1. The van der Waals surface area contributed by atoms with Crippen LogP contribution in [0.15, 0.2) is 18.2 Å². The Bertz CT molecular complexity index is 590. The van der Waals surface area contributed by atoms with Crippen molar-refractivity contribution in [1.29, 1.82) is 0 Å². The molecule has 0 spiro atoms. The predicted octanol–water partition coefficient (Wildman–Crippen LogP) is 0.344. The second-order valence-electron chi connectivity index (χ2n) is 4.35. The van der Waals surface area contributed by atoms with Crippen LogP contribution in [-0.4, -0.2) is 43.9 Å². The van der Waals surface area contributed by atoms with Gasteiger partial charge in [0, 0.05) is 32.6 Å². The molecule has 0 fully saturated rings. The molecule has 2 amide bonds. The van der Waals surface area contributed by atoms with E-state index in [0.29, 0.717) is 5.56 Å². The highest BCUT2D eigenvalue weighted by molar-refractivity contribution is 5.94. The van der Waals surface area contributed by atoms with Gasteiger partial charge in [-0.1, -0.05) is 11.8 Å². The average Bonchev–Trinajstić information content (AvgIpc) is 2.49. The Kier molecular flexibility index (Phi) is 6.37. The highest BCUT2D eigenvalue weighted by Gasteiger charge is 2.16. The highest BCUT2D eigenvalue weighted by Crippen LogP contribution is 2.12. The number of amides is 2. The molecule has 21 heavy (non-hydrogen) atoms. The first-order valence-electron chi connectivity index (χ1n) is 6.44. The fourth-order valence-electron chi connectivity index (χ4n) is 1.62. The standard InChI is InChI=1S/C15H18FN3O2/c1-18-14(20)7-9-19(2)15(21)12-6-5-11(4-3-8-17)10-13(12)16/h5-6,10H,7-9,17H2,1-2H3,(H,18,20). The van der Waals surface area contributed by atoms with Gasteiger partial charge in [0.15, 0.2) is 0 Å². The molecule has 0 unspecified atom stereocenters. The van der Waals surface area contributed by atoms with Crippen molar-refractivity contribution in [2.24, 2.45) is 5.73 Å². The topological polar surface area (TPSA) is 75.4 Å². The van der Waals surface area contributed by atoms with Gasteiger partial charge in [0.1, 0.15) is 5.82 Å². The van der Waals surface area contributed by atoms with Crippen LogP contribution in [-0.2, 0) is 4.79 Å². The maximum Gasteiger partial charge on any atom is 0.256 e. The molecule has 1 aromatic carbocycles. The molecule has 0 aliphatic rings. The van der Waals surface area contributed by atoms with Crippen molar-refractivity contribution in [3.8, 4) is 11.8 Å². The predicted molar refractivity (Wildman–Crippen MR) is 78.0 cm³/mol. The van der Waals surface area contributed by atoms with E-state index in [1.807, 2.05) is 0 Å². The lowest BCUT2D eigenvalue weighted by Gasteiger charge is -2.17. The van der Waals surface area contributed by atoms with Crippen molar-refractivity contribution in [3.05, 3.63) is 35.1 Å². The summed E-state index contributed by atoms with van der Waals surface area (Å²) in [4.78, 5) is 24.5. The van der Waals surface area contributed by atoms with Crippen molar-refractivity contribution in [1.82, 2.24) is 10.2 Å². The number of carbonyl (C=O) groups excluding carboxylic acids is 2. The number of rotatable bonds is 4. The molecule has 0 bridgehead atoms. The summed E-state index contributed by atoms with van der Waals surface area (Å²) in [5.41, 5.74) is 5.65. The van der Waals surface area contributed by atoms with Gasteiger partial charge in [-0.05, 0) is 18.2 Å². The summed E-state index contributed by atoms with van der Waals surface area (Å²) in [7, 11) is 3.04. The smallest absolute Gasteiger partial charge is 0.256 e. The molecule has 3 N–H and O–H groups in total. The molecule has 6 heteroatoms. The normalized spacial score (nSPS) is 9.52. The average molecular weight is 291 g/mol. The van der Waals surface area contributed by atoms with E-state index in [9.17, 15) is 14.0 Å². The minimum absolute atomic E-state index is 0.0484. The third kappa shape index (κ3) is 4.89. The molecule has 1 rings (SSSR count). The molecular formula is C15H18FN3O2. The zero-order valence-electron chi connectivity index (χ0n) is 12.1. The number of benzene rings is 1. The van der Waals surface area contributed by atoms with E-state index in [0.717, 1.165) is 0 Å². The molecule has 112 valence electrons. The number of hydrogen-bond acceptors (Lipinski definition) is 3. The van der Waals surface area contributed by atoms with Gasteiger partial charge in [-0.3, -0.25) is 9.59 Å². The fraction of sp³-hybridized carbons (Fsp3) is 0.333. The largest absolute Gasteiger partial charge is 0.359 e. The Balaban J connectivity index is 2.80. The summed E-state index contributed by atoms with van der Waals surface area (Å²) in [5.74, 6) is 4.01. The third-order valence-electron chi connectivity index (χ3n) is 2.83. The Morgan fingerprint density at radius 1 is 1.43 bits per heavy atom. The van der Waals surface area contributed by atoms with Gasteiger partial charge in [-0.2, -0.15) is 0 Å². The molecule has 0 saturated heterocycles. The summed E-state index contributed by atoms with van der Waals surface area (Å²) in [6.07, 6.45) is 0.167. The monoisotopic (exact) mass is 291 g/mol. The van der Waals surface area contributed by atoms with Crippen molar-refractivity contribution in [2.45, 2.75) is 6.42 Å². The number of carbonyl (C=O) groups is 2. The van der Waals surface area contributed by atoms with Crippen LogP contribution in [0.5, 0.6) is 0 Å². The van der Waals surface area contributed by atoms with Crippen molar-refractivity contribution in [2.75, 3.05) is 27.2 Å². The molecule has 0 aliphatic heterocycles. The molecule has 0 radical (unpaired) electrons. The van der Waals surface area contributed by atoms with Crippen LogP contribution >= 0.6 is 0 Å². The summed E-state index contributed by atoms with van der Waals surface area (Å²) in [5, 5.41) is 2.46. The Morgan fingerprint density at radius 2 is 2.14 bits per heavy atom. The number of nitrogens with two attached hydrogens (primary N) is 1. The third-order valence-corrected chi connectivity index (χ3v) is 2.83. The van der Waals surface area contributed by atoms with E-state index in [1.165, 1.54) is 31.1 Å². The van der Waals surface area contributed by atoms with Gasteiger partial charge < -0.3 is 16.0 Å². The van der Waals surface area contributed by atoms with Crippen molar-refractivity contribution < 1.29 is 14.0 Å². The second kappa shape index (κ2) is 8.02. The lowest BCUT2D eigenvalue weighted by molar-refractivity contribution is -0.120. The number of halogens is 1. The first-order valence-corrected chi connectivity index (χ1v) is 6.44. The van der Waals surface area contributed by atoms with E-state index in [4.69, 9.17) is 5.73 Å². The van der Waals surface area contributed by atoms with Crippen LogP contribution in [0.25, 0.3) is 0 Å². The molecule has 0 aliphatic carbocycles. The SMILES string of the molecule is CNC(=O)CCN(C)C(=O)c1ccc(C#CCN)cc1F. The van der Waals surface area contributed by atoms with Gasteiger partial charge in [0.2, 0.25) is 5.91 Å². The summed E-state index contributed by atoms with van der Waals surface area (Å²) < 4.78 is 13.9.